The molecule has 7 nitrogen and oxygen atoms in total. The number of phenolic OH excluding ortho intramolecular Hbond substituents is 1. The number of aromatic hydroxyl groups is 1. The van der Waals surface area contributed by atoms with E-state index in [0.717, 1.165) is 0 Å². The van der Waals surface area contributed by atoms with Crippen LogP contribution in [-0.4, -0.2) is 23.4 Å². The molecular formula is C14H12BrN3O4. The predicted molar refractivity (Wildman–Crippen MR) is 86.7 cm³/mol. The van der Waals surface area contributed by atoms with Gasteiger partial charge < -0.3 is 9.84 Å². The SMILES string of the molecule is COc1cc(/C=N/Nc2ccccc2[N+](=O)[O-])cc(Br)c1O. The number of hydrogen-bond donors (Lipinski definition) is 2. The van der Waals surface area contributed by atoms with Crippen molar-refractivity contribution in [3.05, 3.63) is 56.5 Å². The van der Waals surface area contributed by atoms with Crippen LogP contribution in [0.1, 0.15) is 5.56 Å². The Balaban J connectivity index is 2.20. The molecule has 2 rings (SSSR count). The summed E-state index contributed by atoms with van der Waals surface area (Å²) in [5.74, 6) is 0.285. The van der Waals surface area contributed by atoms with Crippen molar-refractivity contribution < 1.29 is 14.8 Å². The second kappa shape index (κ2) is 6.90. The number of ether oxygens (including phenoxy) is 1. The Morgan fingerprint density at radius 2 is 2.14 bits per heavy atom. The summed E-state index contributed by atoms with van der Waals surface area (Å²) in [6.07, 6.45) is 1.46. The number of hydrogen-bond acceptors (Lipinski definition) is 6. The quantitative estimate of drug-likeness (QED) is 0.480. The summed E-state index contributed by atoms with van der Waals surface area (Å²) in [5, 5.41) is 24.6. The van der Waals surface area contributed by atoms with E-state index in [0.29, 0.717) is 15.8 Å². The lowest BCUT2D eigenvalue weighted by molar-refractivity contribution is -0.384. The van der Waals surface area contributed by atoms with Gasteiger partial charge in [-0.2, -0.15) is 5.10 Å². The van der Waals surface area contributed by atoms with Crippen LogP contribution in [0.5, 0.6) is 11.5 Å². The number of rotatable bonds is 5. The average molecular weight is 366 g/mol. The van der Waals surface area contributed by atoms with Crippen molar-refractivity contribution in [1.82, 2.24) is 0 Å². The molecule has 2 N–H and O–H groups in total. The van der Waals surface area contributed by atoms with Crippen molar-refractivity contribution in [2.75, 3.05) is 12.5 Å². The number of anilines is 1. The monoisotopic (exact) mass is 365 g/mol. The molecular weight excluding hydrogens is 354 g/mol. The number of nitro groups is 1. The van der Waals surface area contributed by atoms with Crippen LogP contribution in [0.4, 0.5) is 11.4 Å². The van der Waals surface area contributed by atoms with Crippen LogP contribution < -0.4 is 10.2 Å². The number of nitrogens with zero attached hydrogens (tertiary/aromatic N) is 2. The van der Waals surface area contributed by atoms with E-state index >= 15 is 0 Å². The van der Waals surface area contributed by atoms with Crippen molar-refractivity contribution in [1.29, 1.82) is 0 Å². The number of methoxy groups -OCH3 is 1. The summed E-state index contributed by atoms with van der Waals surface area (Å²) < 4.78 is 5.49. The van der Waals surface area contributed by atoms with Crippen LogP contribution in [0.2, 0.25) is 0 Å². The van der Waals surface area contributed by atoms with E-state index in [-0.39, 0.29) is 17.1 Å². The van der Waals surface area contributed by atoms with Crippen LogP contribution >= 0.6 is 15.9 Å². The minimum atomic E-state index is -0.488. The number of phenols is 1. The molecule has 0 aromatic heterocycles. The number of para-hydroxylation sites is 2. The molecule has 0 atom stereocenters. The van der Waals surface area contributed by atoms with Gasteiger partial charge in [0, 0.05) is 6.07 Å². The Morgan fingerprint density at radius 3 is 2.82 bits per heavy atom. The van der Waals surface area contributed by atoms with Gasteiger partial charge in [-0.3, -0.25) is 15.5 Å². The Labute approximate surface area is 134 Å². The fourth-order valence-electron chi connectivity index (χ4n) is 1.73. The maximum atomic E-state index is 10.9. The zero-order valence-corrected chi connectivity index (χ0v) is 13.1. The summed E-state index contributed by atoms with van der Waals surface area (Å²) >= 11 is 3.20. The van der Waals surface area contributed by atoms with E-state index in [4.69, 9.17) is 4.74 Å². The molecule has 114 valence electrons. The Morgan fingerprint density at radius 1 is 1.41 bits per heavy atom. The zero-order valence-electron chi connectivity index (χ0n) is 11.5. The highest BCUT2D eigenvalue weighted by Gasteiger charge is 2.11. The first-order chi connectivity index (χ1) is 10.5. The molecule has 0 saturated carbocycles. The fourth-order valence-corrected chi connectivity index (χ4v) is 2.19. The van der Waals surface area contributed by atoms with Gasteiger partial charge in [0.2, 0.25) is 0 Å². The van der Waals surface area contributed by atoms with Crippen LogP contribution in [0.3, 0.4) is 0 Å². The molecule has 8 heteroatoms. The van der Waals surface area contributed by atoms with E-state index in [1.165, 1.54) is 19.4 Å². The first kappa shape index (κ1) is 15.8. The Bertz CT molecular complexity index is 734. The smallest absolute Gasteiger partial charge is 0.294 e. The lowest BCUT2D eigenvalue weighted by Gasteiger charge is -2.06. The van der Waals surface area contributed by atoms with Crippen LogP contribution in [-0.2, 0) is 0 Å². The van der Waals surface area contributed by atoms with Crippen molar-refractivity contribution in [3.8, 4) is 11.5 Å². The molecule has 0 aliphatic rings. The van der Waals surface area contributed by atoms with E-state index in [2.05, 4.69) is 26.5 Å². The number of hydrazone groups is 1. The van der Waals surface area contributed by atoms with Crippen LogP contribution in [0.25, 0.3) is 0 Å². The van der Waals surface area contributed by atoms with E-state index < -0.39 is 4.92 Å². The maximum absolute atomic E-state index is 10.9. The molecule has 0 radical (unpaired) electrons. The van der Waals surface area contributed by atoms with Gasteiger partial charge in [-0.1, -0.05) is 12.1 Å². The number of nitro benzene ring substituents is 1. The topological polar surface area (TPSA) is 97.0 Å². The fraction of sp³-hybridized carbons (Fsp3) is 0.0714. The van der Waals surface area contributed by atoms with Gasteiger partial charge >= 0.3 is 0 Å². The molecule has 0 amide bonds. The largest absolute Gasteiger partial charge is 0.503 e. The van der Waals surface area contributed by atoms with Crippen LogP contribution in [0, 0.1) is 10.1 Å². The van der Waals surface area contributed by atoms with Gasteiger partial charge in [0.05, 0.1) is 22.7 Å². The molecule has 2 aromatic rings. The van der Waals surface area contributed by atoms with Gasteiger partial charge in [-0.15, -0.1) is 0 Å². The molecule has 0 aliphatic carbocycles. The molecule has 0 spiro atoms. The highest BCUT2D eigenvalue weighted by Crippen LogP contribution is 2.34. The second-order valence-electron chi connectivity index (χ2n) is 4.20. The minimum Gasteiger partial charge on any atom is -0.503 e. The number of benzene rings is 2. The highest BCUT2D eigenvalue weighted by atomic mass is 79.9. The molecule has 0 aliphatic heterocycles. The summed E-state index contributed by atoms with van der Waals surface area (Å²) in [5.41, 5.74) is 3.49. The standard InChI is InChI=1S/C14H12BrN3O4/c1-22-13-7-9(6-10(15)14(13)19)8-16-17-11-4-2-3-5-12(11)18(20)21/h2-8,17,19H,1H3/b16-8+. The van der Waals surface area contributed by atoms with Gasteiger partial charge in [0.1, 0.15) is 5.69 Å². The average Bonchev–Trinajstić information content (AvgIpc) is 2.51. The lowest BCUT2D eigenvalue weighted by Crippen LogP contribution is -1.96. The third kappa shape index (κ3) is 3.53. The first-order valence-electron chi connectivity index (χ1n) is 6.12. The maximum Gasteiger partial charge on any atom is 0.294 e. The van der Waals surface area contributed by atoms with Crippen LogP contribution in [0.15, 0.2) is 46.0 Å². The second-order valence-corrected chi connectivity index (χ2v) is 5.05. The molecule has 0 unspecified atom stereocenters. The molecule has 0 fully saturated rings. The molecule has 0 heterocycles. The first-order valence-corrected chi connectivity index (χ1v) is 6.91. The molecule has 2 aromatic carbocycles. The van der Waals surface area contributed by atoms with Crippen molar-refractivity contribution in [3.63, 3.8) is 0 Å². The third-order valence-electron chi connectivity index (χ3n) is 2.77. The van der Waals surface area contributed by atoms with Gasteiger partial charge in [0.25, 0.3) is 5.69 Å². The van der Waals surface area contributed by atoms with Crippen molar-refractivity contribution >= 4 is 33.5 Å². The Hall–Kier alpha value is -2.61. The van der Waals surface area contributed by atoms with E-state index in [9.17, 15) is 15.2 Å². The van der Waals surface area contributed by atoms with Gasteiger partial charge in [-0.05, 0) is 39.7 Å². The highest BCUT2D eigenvalue weighted by molar-refractivity contribution is 9.10. The third-order valence-corrected chi connectivity index (χ3v) is 3.37. The summed E-state index contributed by atoms with van der Waals surface area (Å²) in [6, 6.07) is 9.42. The Kier molecular flexibility index (Phi) is 4.95. The minimum absolute atomic E-state index is 0.00805. The number of halogens is 1. The van der Waals surface area contributed by atoms with Crippen molar-refractivity contribution in [2.45, 2.75) is 0 Å². The molecule has 0 bridgehead atoms. The summed E-state index contributed by atoms with van der Waals surface area (Å²) in [6.45, 7) is 0. The zero-order chi connectivity index (χ0) is 16.1. The van der Waals surface area contributed by atoms with E-state index in [1.807, 2.05) is 0 Å². The number of nitrogens with one attached hydrogen (secondary N) is 1. The van der Waals surface area contributed by atoms with Gasteiger partial charge in [-0.25, -0.2) is 0 Å². The molecule has 0 saturated heterocycles. The van der Waals surface area contributed by atoms with Crippen molar-refractivity contribution in [2.24, 2.45) is 5.10 Å². The predicted octanol–water partition coefficient (Wildman–Crippen LogP) is 3.52. The normalized spacial score (nSPS) is 10.6. The summed E-state index contributed by atoms with van der Waals surface area (Å²) in [7, 11) is 1.44. The van der Waals surface area contributed by atoms with Gasteiger partial charge in [0.15, 0.2) is 11.5 Å². The summed E-state index contributed by atoms with van der Waals surface area (Å²) in [4.78, 5) is 10.4. The van der Waals surface area contributed by atoms with E-state index in [1.54, 1.807) is 30.3 Å². The molecule has 22 heavy (non-hydrogen) atoms. The lowest BCUT2D eigenvalue weighted by atomic mass is 10.2.